The second kappa shape index (κ2) is 4.42. The number of cyclic esters (lactones) is 1. The van der Waals surface area contributed by atoms with E-state index in [1.54, 1.807) is 0 Å². The van der Waals surface area contributed by atoms with Crippen LogP contribution >= 0.6 is 0 Å². The molecule has 1 radical (unpaired) electrons. The average Bonchev–Trinajstić information content (AvgIpc) is 1.59. The summed E-state index contributed by atoms with van der Waals surface area (Å²) in [6.07, 6.45) is -0.326. The third-order valence-electron chi connectivity index (χ3n) is 1.24. The Balaban J connectivity index is 0.000000810. The SMILES string of the molecule is [CH2-][C@@H]1C[C@@H](O)CC(=O)O1.[Y]. The van der Waals surface area contributed by atoms with Crippen molar-refractivity contribution in [3.8, 4) is 0 Å². The molecule has 10 heavy (non-hydrogen) atoms. The maximum atomic E-state index is 10.5. The Morgan fingerprint density at radius 2 is 2.30 bits per heavy atom. The fourth-order valence-corrected chi connectivity index (χ4v) is 0.861. The van der Waals surface area contributed by atoms with E-state index in [1.807, 2.05) is 0 Å². The van der Waals surface area contributed by atoms with Crippen LogP contribution in [0.3, 0.4) is 0 Å². The molecule has 0 aliphatic carbocycles. The molecule has 1 N–H and O–H groups in total. The Morgan fingerprint density at radius 3 is 2.70 bits per heavy atom. The summed E-state index contributed by atoms with van der Waals surface area (Å²) in [6, 6.07) is 0. The van der Waals surface area contributed by atoms with E-state index >= 15 is 0 Å². The minimum Gasteiger partial charge on any atom is -0.495 e. The topological polar surface area (TPSA) is 46.5 Å². The van der Waals surface area contributed by atoms with Gasteiger partial charge >= 0.3 is 5.97 Å². The molecular formula is C6H9O3Y-. The molecule has 4 heteroatoms. The van der Waals surface area contributed by atoms with Gasteiger partial charge in [0.05, 0.1) is 12.5 Å². The van der Waals surface area contributed by atoms with Gasteiger partial charge in [0.1, 0.15) is 0 Å². The van der Waals surface area contributed by atoms with Gasteiger partial charge in [-0.2, -0.15) is 0 Å². The number of esters is 1. The van der Waals surface area contributed by atoms with Gasteiger partial charge in [0.15, 0.2) is 0 Å². The first-order chi connectivity index (χ1) is 4.18. The maximum Gasteiger partial charge on any atom is 0.306 e. The van der Waals surface area contributed by atoms with Crippen LogP contribution in [0.2, 0.25) is 0 Å². The van der Waals surface area contributed by atoms with Gasteiger partial charge in [-0.15, -0.1) is 0 Å². The summed E-state index contributed by atoms with van der Waals surface area (Å²) < 4.78 is 4.65. The van der Waals surface area contributed by atoms with Crippen molar-refractivity contribution < 1.29 is 47.3 Å². The summed E-state index contributed by atoms with van der Waals surface area (Å²) in [4.78, 5) is 10.5. The minimum absolute atomic E-state index is 0. The van der Waals surface area contributed by atoms with E-state index < -0.39 is 6.10 Å². The molecule has 1 saturated heterocycles. The van der Waals surface area contributed by atoms with Crippen LogP contribution in [0.25, 0.3) is 0 Å². The molecule has 1 fully saturated rings. The molecule has 1 heterocycles. The average molecular weight is 218 g/mol. The van der Waals surface area contributed by atoms with E-state index in [9.17, 15) is 4.79 Å². The minimum atomic E-state index is -0.547. The van der Waals surface area contributed by atoms with Crippen molar-refractivity contribution in [2.24, 2.45) is 0 Å². The first-order valence-electron chi connectivity index (χ1n) is 2.89. The quantitative estimate of drug-likeness (QED) is 0.455. The van der Waals surface area contributed by atoms with E-state index in [0.717, 1.165) is 0 Å². The number of aliphatic hydroxyl groups excluding tert-OH is 1. The van der Waals surface area contributed by atoms with Crippen LogP contribution in [0.5, 0.6) is 0 Å². The summed E-state index contributed by atoms with van der Waals surface area (Å²) in [5.41, 5.74) is 0. The van der Waals surface area contributed by atoms with Gasteiger partial charge in [0.25, 0.3) is 0 Å². The van der Waals surface area contributed by atoms with Crippen LogP contribution in [0.1, 0.15) is 12.8 Å². The van der Waals surface area contributed by atoms with Crippen LogP contribution in [-0.4, -0.2) is 23.3 Å². The third-order valence-corrected chi connectivity index (χ3v) is 1.24. The molecule has 0 amide bonds. The Bertz CT molecular complexity index is 114. The molecular weight excluding hydrogens is 209 g/mol. The summed E-state index contributed by atoms with van der Waals surface area (Å²) in [5.74, 6) is -0.353. The van der Waals surface area contributed by atoms with E-state index in [1.165, 1.54) is 0 Å². The fraction of sp³-hybridized carbons (Fsp3) is 0.667. The van der Waals surface area contributed by atoms with Crippen molar-refractivity contribution in [3.63, 3.8) is 0 Å². The number of carbonyl (C=O) groups excluding carboxylic acids is 1. The van der Waals surface area contributed by atoms with Crippen LogP contribution < -0.4 is 0 Å². The zero-order chi connectivity index (χ0) is 6.85. The second-order valence-electron chi connectivity index (χ2n) is 2.21. The number of ether oxygens (including phenoxy) is 1. The molecule has 0 bridgehead atoms. The number of carbonyl (C=O) groups is 1. The number of aliphatic hydroxyl groups is 1. The number of hydrogen-bond acceptors (Lipinski definition) is 3. The van der Waals surface area contributed by atoms with Gasteiger partial charge < -0.3 is 16.8 Å². The molecule has 0 aromatic heterocycles. The van der Waals surface area contributed by atoms with E-state index in [0.29, 0.717) is 6.42 Å². The maximum absolute atomic E-state index is 10.5. The fourth-order valence-electron chi connectivity index (χ4n) is 0.861. The Labute approximate surface area is 85.0 Å². The summed E-state index contributed by atoms with van der Waals surface area (Å²) in [6.45, 7) is 3.50. The van der Waals surface area contributed by atoms with Gasteiger partial charge in [0.2, 0.25) is 0 Å². The molecule has 2 atom stereocenters. The van der Waals surface area contributed by atoms with Crippen molar-refractivity contribution in [3.05, 3.63) is 6.92 Å². The Hall–Kier alpha value is 0.534. The zero-order valence-corrected chi connectivity index (χ0v) is 8.46. The molecule has 1 rings (SSSR count). The summed E-state index contributed by atoms with van der Waals surface area (Å²) >= 11 is 0. The van der Waals surface area contributed by atoms with Crippen molar-refractivity contribution in [2.75, 3.05) is 0 Å². The predicted molar refractivity (Wildman–Crippen MR) is 30.5 cm³/mol. The van der Waals surface area contributed by atoms with Crippen molar-refractivity contribution >= 4 is 5.97 Å². The van der Waals surface area contributed by atoms with E-state index in [2.05, 4.69) is 11.7 Å². The Kier molecular flexibility index (Phi) is 4.66. The third kappa shape index (κ3) is 3.08. The van der Waals surface area contributed by atoms with E-state index in [-0.39, 0.29) is 51.2 Å². The van der Waals surface area contributed by atoms with Crippen LogP contribution in [-0.2, 0) is 42.2 Å². The van der Waals surface area contributed by atoms with Crippen molar-refractivity contribution in [2.45, 2.75) is 25.0 Å². The second-order valence-corrected chi connectivity index (χ2v) is 2.21. The van der Waals surface area contributed by atoms with Crippen molar-refractivity contribution in [1.82, 2.24) is 0 Å². The van der Waals surface area contributed by atoms with Gasteiger partial charge in [-0.3, -0.25) is 4.79 Å². The van der Waals surface area contributed by atoms with Gasteiger partial charge in [-0.05, 0) is 12.5 Å². The zero-order valence-electron chi connectivity index (χ0n) is 5.62. The first-order valence-corrected chi connectivity index (χ1v) is 2.89. The first kappa shape index (κ1) is 10.5. The number of hydrogen-bond donors (Lipinski definition) is 1. The summed E-state index contributed by atoms with van der Waals surface area (Å²) in [7, 11) is 0. The van der Waals surface area contributed by atoms with Gasteiger partial charge in [-0.1, -0.05) is 0 Å². The van der Waals surface area contributed by atoms with E-state index in [4.69, 9.17) is 5.11 Å². The monoisotopic (exact) mass is 218 g/mol. The summed E-state index contributed by atoms with van der Waals surface area (Å²) in [5, 5.41) is 8.91. The standard InChI is InChI=1S/C6H9O3.Y/c1-4-2-5(7)3-6(8)9-4;/h4-5,7H,1-3H2;/q-1;/t4-,5-;/m1./s1. The molecule has 1 aliphatic heterocycles. The largest absolute Gasteiger partial charge is 0.495 e. The van der Waals surface area contributed by atoms with Crippen molar-refractivity contribution in [1.29, 1.82) is 0 Å². The smallest absolute Gasteiger partial charge is 0.306 e. The van der Waals surface area contributed by atoms with Crippen LogP contribution in [0.4, 0.5) is 0 Å². The molecule has 55 valence electrons. The van der Waals surface area contributed by atoms with Gasteiger partial charge in [-0.25, -0.2) is 0 Å². The molecule has 0 saturated carbocycles. The molecule has 0 unspecified atom stereocenters. The predicted octanol–water partition coefficient (Wildman–Crippen LogP) is -0.116. The number of rotatable bonds is 0. The van der Waals surface area contributed by atoms with Gasteiger partial charge in [0, 0.05) is 32.7 Å². The Morgan fingerprint density at radius 1 is 1.70 bits per heavy atom. The van der Waals surface area contributed by atoms with Crippen LogP contribution in [0, 0.1) is 6.92 Å². The van der Waals surface area contributed by atoms with Crippen LogP contribution in [0.15, 0.2) is 0 Å². The molecule has 0 spiro atoms. The molecule has 1 aliphatic rings. The molecule has 0 aromatic carbocycles. The molecule has 3 nitrogen and oxygen atoms in total. The molecule has 0 aromatic rings. The normalized spacial score (nSPS) is 32.4.